The van der Waals surface area contributed by atoms with Gasteiger partial charge >= 0.3 is 11.9 Å². The SMILES string of the molecule is CC(C)CCCCCCCCCC(=O)OC(CC(=O)O)C[N+](C)(C)C. The Balaban J connectivity index is 3.80. The average molecular weight is 359 g/mol. The molecular formula is C20H40NO4+. The molecule has 25 heavy (non-hydrogen) atoms. The van der Waals surface area contributed by atoms with Gasteiger partial charge in [-0.1, -0.05) is 58.8 Å². The maximum absolute atomic E-state index is 11.9. The zero-order valence-corrected chi connectivity index (χ0v) is 17.1. The molecule has 0 aromatic heterocycles. The van der Waals surface area contributed by atoms with E-state index in [4.69, 9.17) is 9.84 Å². The monoisotopic (exact) mass is 358 g/mol. The summed E-state index contributed by atoms with van der Waals surface area (Å²) in [7, 11) is 5.89. The lowest BCUT2D eigenvalue weighted by atomic mass is 10.0. The molecule has 0 aliphatic heterocycles. The zero-order chi connectivity index (χ0) is 19.3. The van der Waals surface area contributed by atoms with E-state index >= 15 is 0 Å². The Morgan fingerprint density at radius 1 is 0.920 bits per heavy atom. The largest absolute Gasteiger partial charge is 0.481 e. The lowest BCUT2D eigenvalue weighted by Crippen LogP contribution is -2.43. The van der Waals surface area contributed by atoms with Crippen molar-refractivity contribution >= 4 is 11.9 Å². The minimum absolute atomic E-state index is 0.127. The van der Waals surface area contributed by atoms with Crippen LogP contribution in [0.2, 0.25) is 0 Å². The quantitative estimate of drug-likeness (QED) is 0.270. The van der Waals surface area contributed by atoms with Crippen molar-refractivity contribution in [1.29, 1.82) is 0 Å². The van der Waals surface area contributed by atoms with Crippen LogP contribution in [0.4, 0.5) is 0 Å². The van der Waals surface area contributed by atoms with Gasteiger partial charge in [-0.15, -0.1) is 0 Å². The first-order chi connectivity index (χ1) is 11.6. The Morgan fingerprint density at radius 3 is 1.92 bits per heavy atom. The highest BCUT2D eigenvalue weighted by Crippen LogP contribution is 2.13. The van der Waals surface area contributed by atoms with Crippen molar-refractivity contribution in [3.05, 3.63) is 0 Å². The summed E-state index contributed by atoms with van der Waals surface area (Å²) in [6.07, 6.45) is 9.20. The summed E-state index contributed by atoms with van der Waals surface area (Å²) in [5.74, 6) is -0.395. The first-order valence-corrected chi connectivity index (χ1v) is 9.82. The van der Waals surface area contributed by atoms with E-state index < -0.39 is 12.1 Å². The summed E-state index contributed by atoms with van der Waals surface area (Å²) in [6, 6.07) is 0. The Kier molecular flexibility index (Phi) is 12.6. The lowest BCUT2D eigenvalue weighted by Gasteiger charge is -2.28. The molecule has 0 saturated carbocycles. The smallest absolute Gasteiger partial charge is 0.307 e. The van der Waals surface area contributed by atoms with Gasteiger partial charge in [-0.2, -0.15) is 0 Å². The van der Waals surface area contributed by atoms with E-state index in [1.807, 2.05) is 21.1 Å². The highest BCUT2D eigenvalue weighted by Gasteiger charge is 2.24. The number of hydrogen-bond donors (Lipinski definition) is 1. The van der Waals surface area contributed by atoms with Gasteiger partial charge in [0, 0.05) is 6.42 Å². The molecule has 0 spiro atoms. The maximum atomic E-state index is 11.9. The van der Waals surface area contributed by atoms with Crippen LogP contribution in [0.15, 0.2) is 0 Å². The minimum Gasteiger partial charge on any atom is -0.481 e. The second kappa shape index (κ2) is 13.2. The normalized spacial score (nSPS) is 13.0. The van der Waals surface area contributed by atoms with Gasteiger partial charge in [0.1, 0.15) is 6.54 Å². The Hall–Kier alpha value is -1.10. The molecule has 0 rings (SSSR count). The molecular weight excluding hydrogens is 318 g/mol. The molecule has 0 fully saturated rings. The van der Waals surface area contributed by atoms with Gasteiger partial charge in [0.15, 0.2) is 6.10 Å². The number of carbonyl (C=O) groups is 2. The van der Waals surface area contributed by atoms with E-state index in [1.54, 1.807) is 0 Å². The molecule has 148 valence electrons. The second-order valence-corrected chi connectivity index (χ2v) is 8.59. The van der Waals surface area contributed by atoms with E-state index in [1.165, 1.54) is 32.1 Å². The number of quaternary nitrogens is 1. The van der Waals surface area contributed by atoms with E-state index in [0.29, 0.717) is 17.4 Å². The molecule has 0 radical (unpaired) electrons. The lowest BCUT2D eigenvalue weighted by molar-refractivity contribution is -0.873. The first kappa shape index (κ1) is 23.9. The molecule has 1 atom stereocenters. The molecule has 0 heterocycles. The predicted molar refractivity (Wildman–Crippen MR) is 101 cm³/mol. The number of carboxylic acids is 1. The maximum Gasteiger partial charge on any atom is 0.307 e. The summed E-state index contributed by atoms with van der Waals surface area (Å²) in [4.78, 5) is 22.9. The summed E-state index contributed by atoms with van der Waals surface area (Å²) in [5, 5.41) is 8.96. The Morgan fingerprint density at radius 2 is 1.44 bits per heavy atom. The molecule has 0 aliphatic rings. The van der Waals surface area contributed by atoms with E-state index in [9.17, 15) is 9.59 Å². The number of hydrogen-bond acceptors (Lipinski definition) is 3. The number of ether oxygens (including phenoxy) is 1. The van der Waals surface area contributed by atoms with Crippen molar-refractivity contribution in [3.63, 3.8) is 0 Å². The first-order valence-electron chi connectivity index (χ1n) is 9.82. The number of aliphatic carboxylic acids is 1. The third kappa shape index (κ3) is 17.5. The highest BCUT2D eigenvalue weighted by molar-refractivity contribution is 5.71. The van der Waals surface area contributed by atoms with E-state index in [-0.39, 0.29) is 12.4 Å². The third-order valence-electron chi connectivity index (χ3n) is 4.11. The van der Waals surface area contributed by atoms with Crippen LogP contribution in [0.3, 0.4) is 0 Å². The van der Waals surface area contributed by atoms with Crippen LogP contribution in [-0.4, -0.2) is 55.3 Å². The van der Waals surface area contributed by atoms with Crippen molar-refractivity contribution in [2.45, 2.75) is 84.2 Å². The molecule has 1 N–H and O–H groups in total. The summed E-state index contributed by atoms with van der Waals surface area (Å²) in [6.45, 7) is 5.04. The number of rotatable bonds is 15. The molecule has 0 amide bonds. The van der Waals surface area contributed by atoms with Gasteiger partial charge < -0.3 is 14.3 Å². The van der Waals surface area contributed by atoms with Crippen molar-refractivity contribution in [2.75, 3.05) is 27.7 Å². The number of esters is 1. The van der Waals surface area contributed by atoms with Gasteiger partial charge in [0.2, 0.25) is 0 Å². The molecule has 0 aromatic rings. The van der Waals surface area contributed by atoms with Crippen molar-refractivity contribution < 1.29 is 23.9 Å². The summed E-state index contributed by atoms with van der Waals surface area (Å²) < 4.78 is 5.96. The van der Waals surface area contributed by atoms with Crippen LogP contribution in [0.5, 0.6) is 0 Å². The van der Waals surface area contributed by atoms with Crippen molar-refractivity contribution in [2.24, 2.45) is 5.92 Å². The predicted octanol–water partition coefficient (Wildman–Crippen LogP) is 4.25. The Bertz CT molecular complexity index is 374. The van der Waals surface area contributed by atoms with E-state index in [2.05, 4.69) is 13.8 Å². The number of likely N-dealkylation sites (N-methyl/N-ethyl adjacent to an activating group) is 1. The van der Waals surface area contributed by atoms with Crippen LogP contribution in [0.25, 0.3) is 0 Å². The summed E-state index contributed by atoms with van der Waals surface area (Å²) >= 11 is 0. The van der Waals surface area contributed by atoms with Crippen molar-refractivity contribution in [1.82, 2.24) is 0 Å². The second-order valence-electron chi connectivity index (χ2n) is 8.59. The molecule has 0 saturated heterocycles. The van der Waals surface area contributed by atoms with Gasteiger partial charge in [-0.25, -0.2) is 0 Å². The average Bonchev–Trinajstić information content (AvgIpc) is 2.42. The molecule has 0 bridgehead atoms. The molecule has 5 nitrogen and oxygen atoms in total. The van der Waals surface area contributed by atoms with Crippen LogP contribution in [0.1, 0.15) is 78.1 Å². The zero-order valence-electron chi connectivity index (χ0n) is 17.1. The fourth-order valence-corrected chi connectivity index (χ4v) is 2.90. The fraction of sp³-hybridized carbons (Fsp3) is 0.900. The summed E-state index contributed by atoms with van der Waals surface area (Å²) in [5.41, 5.74) is 0. The minimum atomic E-state index is -0.927. The van der Waals surface area contributed by atoms with Gasteiger partial charge in [-0.3, -0.25) is 9.59 Å². The van der Waals surface area contributed by atoms with Crippen LogP contribution in [0, 0.1) is 5.92 Å². The molecule has 1 unspecified atom stereocenters. The number of unbranched alkanes of at least 4 members (excludes halogenated alkanes) is 6. The van der Waals surface area contributed by atoms with Crippen LogP contribution >= 0.6 is 0 Å². The van der Waals surface area contributed by atoms with Gasteiger partial charge in [0.05, 0.1) is 27.6 Å². The Labute approximate surface area is 154 Å². The number of carbonyl (C=O) groups excluding carboxylic acids is 1. The van der Waals surface area contributed by atoms with Crippen molar-refractivity contribution in [3.8, 4) is 0 Å². The molecule has 0 aromatic carbocycles. The van der Waals surface area contributed by atoms with Crippen LogP contribution in [-0.2, 0) is 14.3 Å². The number of nitrogens with zero attached hydrogens (tertiary/aromatic N) is 1. The van der Waals surface area contributed by atoms with Gasteiger partial charge in [0.25, 0.3) is 0 Å². The van der Waals surface area contributed by atoms with E-state index in [0.717, 1.165) is 25.2 Å². The third-order valence-corrected chi connectivity index (χ3v) is 4.11. The molecule has 0 aliphatic carbocycles. The standard InChI is InChI=1S/C20H39NO4/c1-17(2)13-11-9-7-6-8-10-12-14-20(24)25-18(15-19(22)23)16-21(3,4)5/h17-18H,6-16H2,1-5H3/p+1. The van der Waals surface area contributed by atoms with Crippen LogP contribution < -0.4 is 0 Å². The topological polar surface area (TPSA) is 63.6 Å². The number of carboxylic acid groups (broad SMARTS) is 1. The fourth-order valence-electron chi connectivity index (χ4n) is 2.90. The van der Waals surface area contributed by atoms with Gasteiger partial charge in [-0.05, 0) is 12.3 Å². The highest BCUT2D eigenvalue weighted by atomic mass is 16.5. The molecule has 5 heteroatoms.